The van der Waals surface area contributed by atoms with Gasteiger partial charge >= 0.3 is 5.97 Å². The number of hydrogen-bond acceptors (Lipinski definition) is 14. The number of aromatic nitrogens is 7. The summed E-state index contributed by atoms with van der Waals surface area (Å²) in [5.74, 6) is 2.64. The molecule has 3 N–H and O–H groups in total. The van der Waals surface area contributed by atoms with Gasteiger partial charge in [0.1, 0.15) is 29.8 Å². The van der Waals surface area contributed by atoms with E-state index in [0.717, 1.165) is 50.9 Å². The average Bonchev–Trinajstić information content (AvgIpc) is 0.844. The van der Waals surface area contributed by atoms with Crippen molar-refractivity contribution in [2.75, 3.05) is 29.7 Å². The molecule has 0 spiro atoms. The second kappa shape index (κ2) is 33.0. The minimum atomic E-state index is -0.487. The van der Waals surface area contributed by atoms with Crippen LogP contribution in [0.2, 0.25) is 0 Å². The number of methoxy groups -OCH3 is 1. The Hall–Kier alpha value is -12.2. The van der Waals surface area contributed by atoms with Crippen LogP contribution in [0.3, 0.4) is 0 Å². The van der Waals surface area contributed by atoms with Crippen LogP contribution in [0.1, 0.15) is 51.6 Å². The van der Waals surface area contributed by atoms with Crippen LogP contribution in [0.5, 0.6) is 11.6 Å². The zero-order chi connectivity index (χ0) is 66.2. The molecule has 7 aromatic heterocycles. The molecule has 0 radical (unpaired) electrons. The molecule has 0 aliphatic carbocycles. The van der Waals surface area contributed by atoms with Crippen molar-refractivity contribution in [1.29, 1.82) is 0 Å². The van der Waals surface area contributed by atoms with Gasteiger partial charge in [-0.25, -0.2) is 9.78 Å². The maximum Gasteiger partial charge on any atom is 0.330 e. The van der Waals surface area contributed by atoms with Gasteiger partial charge in [-0.3, -0.25) is 43.0 Å². The Kier molecular flexibility index (Phi) is 23.2. The Morgan fingerprint density at radius 1 is 0.500 bits per heavy atom. The van der Waals surface area contributed by atoms with Gasteiger partial charge in [-0.15, -0.1) is 0 Å². The highest BCUT2D eigenvalue weighted by molar-refractivity contribution is 5.95. The van der Waals surface area contributed by atoms with E-state index in [0.29, 0.717) is 68.6 Å². The second-order valence-corrected chi connectivity index (χ2v) is 20.2. The Labute approximate surface area is 545 Å². The molecule has 0 unspecified atom stereocenters. The summed E-state index contributed by atoms with van der Waals surface area (Å²) in [5, 5.41) is 11.6. The van der Waals surface area contributed by atoms with Gasteiger partial charge < -0.3 is 30.2 Å². The molecule has 0 fully saturated rings. The molecule has 17 heteroatoms. The first-order valence-electron chi connectivity index (χ1n) is 30.8. The molecule has 13 rings (SSSR count). The summed E-state index contributed by atoms with van der Waals surface area (Å²) in [7, 11) is 1.32. The quantitative estimate of drug-likeness (QED) is 0.0610. The molecule has 17 nitrogen and oxygen atoms in total. The third-order valence-corrected chi connectivity index (χ3v) is 14.1. The topological polar surface area (TPSA) is 198 Å². The fourth-order valence-electron chi connectivity index (χ4n) is 10.1. The minimum Gasteiger partial charge on any atom is -0.487 e. The molecule has 0 aliphatic rings. The number of nitrogens with one attached hydrogen (secondary N) is 3. The Balaban J connectivity index is 0.000000162. The highest BCUT2D eigenvalue weighted by atomic mass is 16.5. The van der Waals surface area contributed by atoms with Crippen molar-refractivity contribution in [1.82, 2.24) is 33.6 Å². The fourth-order valence-corrected chi connectivity index (χ4v) is 10.1. The lowest BCUT2D eigenvalue weighted by Gasteiger charge is -2.20. The van der Waals surface area contributed by atoms with Gasteiger partial charge in [0.05, 0.1) is 52.1 Å². The van der Waals surface area contributed by atoms with Crippen LogP contribution in [-0.2, 0) is 16.1 Å². The van der Waals surface area contributed by atoms with Crippen LogP contribution in [0.4, 0.5) is 34.5 Å². The number of nitrogens with zero attached hydrogens (tertiary/aromatic N) is 7. The van der Waals surface area contributed by atoms with E-state index in [4.69, 9.17) is 14.2 Å². The first-order valence-corrected chi connectivity index (χ1v) is 30.8. The van der Waals surface area contributed by atoms with Crippen molar-refractivity contribution in [3.05, 3.63) is 309 Å². The summed E-state index contributed by atoms with van der Waals surface area (Å²) < 4.78 is 22.2. The molecule has 6 aromatic carbocycles. The molecule has 472 valence electrons. The third-order valence-electron chi connectivity index (χ3n) is 14.1. The number of rotatable bonds is 16. The lowest BCUT2D eigenvalue weighted by Crippen LogP contribution is -2.16. The summed E-state index contributed by atoms with van der Waals surface area (Å²) in [6.45, 7) is 12.5. The summed E-state index contributed by atoms with van der Waals surface area (Å²) >= 11 is 0. The molecule has 0 bridgehead atoms. The van der Waals surface area contributed by atoms with Gasteiger partial charge in [-0.2, -0.15) is 0 Å². The zero-order valence-electron chi connectivity index (χ0n) is 53.3. The van der Waals surface area contributed by atoms with Crippen LogP contribution in [0.25, 0.3) is 55.8 Å². The average molecular weight is 1250 g/mol. The van der Waals surface area contributed by atoms with Crippen LogP contribution in [0, 0.1) is 6.92 Å². The monoisotopic (exact) mass is 1250 g/mol. The van der Waals surface area contributed by atoms with Gasteiger partial charge in [-0.05, 0) is 111 Å². The molecule has 7 heterocycles. The lowest BCUT2D eigenvalue weighted by atomic mass is 10.1. The van der Waals surface area contributed by atoms with Gasteiger partial charge in [0.25, 0.3) is 0 Å². The number of benzene rings is 6. The summed E-state index contributed by atoms with van der Waals surface area (Å²) in [5.41, 5.74) is 9.19. The van der Waals surface area contributed by atoms with Crippen molar-refractivity contribution in [2.45, 2.75) is 48.1 Å². The predicted molar refractivity (Wildman–Crippen MR) is 379 cm³/mol. The van der Waals surface area contributed by atoms with Gasteiger partial charge in [0, 0.05) is 107 Å². The van der Waals surface area contributed by atoms with Crippen LogP contribution < -0.4 is 41.7 Å². The standard InChI is InChI=1S/C27H22N4O2.C24H19N3O3.C22H19N3O2.2C2H6/c1-19-16-24-27(23(29-19)18-33-22-12-14-28-15-13-22)25(32)17-26(30-20-8-4-2-5-9-20)31(24)21-10-6-3-7-11-21;1-30-23(29)13-12-17-15-25-16-20-21(28)14-22(26-18-8-4-2-5-9-18)27(24(17)20)19-10-6-3-7-11-19;1-2-27-22-13-19-18(15-23-22)20(26)14-21(24-16-9-5-3-6-10-16)25(19)17-11-7-4-8-12-17;2*1-2/h2-17,30H,18H2,1H3;2-16,26H,1H3;3-15,24H,2H2,1H3;2*1-2H3/b;13-12+;;;. The second-order valence-electron chi connectivity index (χ2n) is 20.2. The summed E-state index contributed by atoms with van der Waals surface area (Å²) in [6, 6.07) is 70.8. The first kappa shape index (κ1) is 66.2. The minimum absolute atomic E-state index is 0.0915. The van der Waals surface area contributed by atoms with Gasteiger partial charge in [0.15, 0.2) is 16.3 Å². The normalized spacial score (nSPS) is 10.5. The predicted octanol–water partition coefficient (Wildman–Crippen LogP) is 16.3. The fraction of sp³-hybridized carbons (Fsp3) is 0.117. The number of carbonyl (C=O) groups excluding carboxylic acids is 1. The van der Waals surface area contributed by atoms with E-state index in [2.05, 4.69) is 35.9 Å². The van der Waals surface area contributed by atoms with Crippen LogP contribution >= 0.6 is 0 Å². The Morgan fingerprint density at radius 3 is 1.46 bits per heavy atom. The van der Waals surface area contributed by atoms with E-state index in [1.165, 1.54) is 13.2 Å². The number of ether oxygens (including phenoxy) is 3. The van der Waals surface area contributed by atoms with Crippen LogP contribution in [0.15, 0.2) is 276 Å². The van der Waals surface area contributed by atoms with Crippen LogP contribution in [-0.4, -0.2) is 53.3 Å². The number of hydrogen-bond donors (Lipinski definition) is 3. The van der Waals surface area contributed by atoms with E-state index in [1.54, 1.807) is 67.4 Å². The molecular weight excluding hydrogens is 1180 g/mol. The van der Waals surface area contributed by atoms with Gasteiger partial charge in [-0.1, -0.05) is 137 Å². The maximum absolute atomic E-state index is 13.4. The van der Waals surface area contributed by atoms with Crippen molar-refractivity contribution < 1.29 is 19.0 Å². The van der Waals surface area contributed by atoms with Crippen molar-refractivity contribution in [3.8, 4) is 28.7 Å². The Morgan fingerprint density at radius 2 is 0.957 bits per heavy atom. The number of aryl methyl sites for hydroxylation is 1. The molecule has 0 atom stereocenters. The van der Waals surface area contributed by atoms with Crippen molar-refractivity contribution >= 4 is 79.3 Å². The van der Waals surface area contributed by atoms with E-state index >= 15 is 0 Å². The van der Waals surface area contributed by atoms with Crippen molar-refractivity contribution in [3.63, 3.8) is 0 Å². The smallest absolute Gasteiger partial charge is 0.330 e. The largest absolute Gasteiger partial charge is 0.487 e. The molecular formula is C77H72N10O7. The number of fused-ring (bicyclic) bond motifs is 3. The number of para-hydroxylation sites is 6. The Bertz CT molecular complexity index is 4830. The molecule has 0 amide bonds. The van der Waals surface area contributed by atoms with E-state index in [1.807, 2.05) is 249 Å². The first-order chi connectivity index (χ1) is 46.1. The zero-order valence-corrected chi connectivity index (χ0v) is 53.3. The molecule has 13 aromatic rings. The highest BCUT2D eigenvalue weighted by Crippen LogP contribution is 2.31. The third kappa shape index (κ3) is 16.4. The number of anilines is 6. The SMILES string of the molecule is CC.CC.CCOc1cc2c(cn1)c(=O)cc(Nc1ccccc1)n2-c1ccccc1.COC(=O)/C=C/c1cncc2c(=O)cc(Nc3ccccc3)n(-c3ccccc3)c12.Cc1cc2c(c(COc3ccncc3)n1)c(=O)cc(Nc1ccccc1)n2-c1ccccc1. The molecule has 94 heavy (non-hydrogen) atoms. The van der Waals surface area contributed by atoms with E-state index in [9.17, 15) is 19.2 Å². The van der Waals surface area contributed by atoms with E-state index in [-0.39, 0.29) is 22.9 Å². The summed E-state index contributed by atoms with van der Waals surface area (Å²) in [6.07, 6.45) is 11.0. The van der Waals surface area contributed by atoms with E-state index < -0.39 is 5.97 Å². The number of esters is 1. The molecule has 0 saturated carbocycles. The summed E-state index contributed by atoms with van der Waals surface area (Å²) in [4.78, 5) is 67.7. The van der Waals surface area contributed by atoms with Gasteiger partial charge in [0.2, 0.25) is 5.88 Å². The maximum atomic E-state index is 13.4. The van der Waals surface area contributed by atoms with Crippen molar-refractivity contribution in [2.24, 2.45) is 0 Å². The number of pyridine rings is 7. The number of carbonyl (C=O) groups is 1. The molecule has 0 saturated heterocycles. The lowest BCUT2D eigenvalue weighted by molar-refractivity contribution is -0.134. The highest BCUT2D eigenvalue weighted by Gasteiger charge is 2.19. The molecule has 0 aliphatic heterocycles.